The van der Waals surface area contributed by atoms with Crippen LogP contribution in [0.3, 0.4) is 0 Å². The smallest absolute Gasteiger partial charge is 0.108 e. The third-order valence-electron chi connectivity index (χ3n) is 3.63. The lowest BCUT2D eigenvalue weighted by Crippen LogP contribution is -2.05. The van der Waals surface area contributed by atoms with E-state index in [2.05, 4.69) is 30.4 Å². The molecule has 0 fully saturated rings. The van der Waals surface area contributed by atoms with Gasteiger partial charge in [0.05, 0.1) is 0 Å². The topological polar surface area (TPSA) is 17.8 Å². The first kappa shape index (κ1) is 14.3. The predicted octanol–water partition coefficient (Wildman–Crippen LogP) is 4.35. The van der Waals surface area contributed by atoms with Crippen molar-refractivity contribution in [2.75, 3.05) is 0 Å². The Morgan fingerprint density at radius 1 is 1.12 bits per heavy atom. The summed E-state index contributed by atoms with van der Waals surface area (Å²) >= 11 is 0. The summed E-state index contributed by atoms with van der Waals surface area (Å²) < 4.78 is 2.15. The fourth-order valence-electron chi connectivity index (χ4n) is 2.39. The minimum atomic E-state index is 0.909. The summed E-state index contributed by atoms with van der Waals surface area (Å²) in [6.07, 6.45) is 14.6. The van der Waals surface area contributed by atoms with Crippen LogP contribution in [0, 0.1) is 5.92 Å². The van der Waals surface area contributed by atoms with E-state index in [1.807, 2.05) is 12.4 Å². The van der Waals surface area contributed by atoms with Crippen LogP contribution >= 0.6 is 0 Å². The summed E-state index contributed by atoms with van der Waals surface area (Å²) in [4.78, 5) is 4.41. The van der Waals surface area contributed by atoms with Crippen molar-refractivity contribution in [1.29, 1.82) is 0 Å². The van der Waals surface area contributed by atoms with Gasteiger partial charge in [0.25, 0.3) is 0 Å². The molecule has 0 aromatic carbocycles. The van der Waals surface area contributed by atoms with Crippen molar-refractivity contribution < 1.29 is 0 Å². The highest BCUT2D eigenvalue weighted by atomic mass is 15.0. The minimum absolute atomic E-state index is 0.909. The largest absolute Gasteiger partial charge is 0.338 e. The number of hydrogen-bond donors (Lipinski definition) is 0. The van der Waals surface area contributed by atoms with E-state index in [1.54, 1.807) is 0 Å². The molecule has 1 heterocycles. The maximum absolute atomic E-state index is 4.41. The summed E-state index contributed by atoms with van der Waals surface area (Å²) in [6.45, 7) is 4.57. The van der Waals surface area contributed by atoms with Gasteiger partial charge in [-0.2, -0.15) is 0 Å². The zero-order valence-electron chi connectivity index (χ0n) is 11.8. The molecular weight excluding hydrogens is 208 g/mol. The van der Waals surface area contributed by atoms with Crippen LogP contribution in [0.25, 0.3) is 0 Å². The average Bonchev–Trinajstić information content (AvgIpc) is 2.74. The molecule has 98 valence electrons. The minimum Gasteiger partial charge on any atom is -0.338 e. The molecule has 0 aliphatic rings. The summed E-state index contributed by atoms with van der Waals surface area (Å²) in [5.74, 6) is 2.15. The Morgan fingerprint density at radius 2 is 1.76 bits per heavy atom. The van der Waals surface area contributed by atoms with Crippen LogP contribution in [0.4, 0.5) is 0 Å². The van der Waals surface area contributed by atoms with Crippen LogP contribution in [0.5, 0.6) is 0 Å². The Morgan fingerprint density at radius 3 is 2.24 bits per heavy atom. The molecule has 1 rings (SSSR count). The van der Waals surface area contributed by atoms with Crippen molar-refractivity contribution >= 4 is 0 Å². The Bertz CT molecular complexity index is 283. The molecule has 2 heteroatoms. The molecule has 0 aliphatic heterocycles. The van der Waals surface area contributed by atoms with E-state index in [4.69, 9.17) is 0 Å². The SMILES string of the molecule is CCCCC(CCCC)CCc1nccn1C. The third kappa shape index (κ3) is 5.38. The zero-order valence-corrected chi connectivity index (χ0v) is 11.8. The number of aryl methyl sites for hydroxylation is 2. The van der Waals surface area contributed by atoms with E-state index in [-0.39, 0.29) is 0 Å². The maximum atomic E-state index is 4.41. The lowest BCUT2D eigenvalue weighted by molar-refractivity contribution is 0.389. The van der Waals surface area contributed by atoms with Crippen molar-refractivity contribution in [3.05, 3.63) is 18.2 Å². The van der Waals surface area contributed by atoms with Crippen molar-refractivity contribution in [3.63, 3.8) is 0 Å². The molecule has 0 spiro atoms. The normalized spacial score (nSPS) is 11.3. The number of aromatic nitrogens is 2. The second-order valence-corrected chi connectivity index (χ2v) is 5.14. The van der Waals surface area contributed by atoms with Gasteiger partial charge in [0.1, 0.15) is 5.82 Å². The van der Waals surface area contributed by atoms with E-state index in [0.29, 0.717) is 0 Å². The van der Waals surface area contributed by atoms with Gasteiger partial charge in [-0.25, -0.2) is 4.98 Å². The van der Waals surface area contributed by atoms with Gasteiger partial charge in [-0.3, -0.25) is 0 Å². The predicted molar refractivity (Wildman–Crippen MR) is 74.1 cm³/mol. The van der Waals surface area contributed by atoms with E-state index < -0.39 is 0 Å². The first-order valence-electron chi connectivity index (χ1n) is 7.24. The number of hydrogen-bond acceptors (Lipinski definition) is 1. The van der Waals surface area contributed by atoms with Gasteiger partial charge >= 0.3 is 0 Å². The lowest BCUT2D eigenvalue weighted by atomic mass is 9.91. The first-order valence-corrected chi connectivity index (χ1v) is 7.24. The molecule has 1 aromatic heterocycles. The number of nitrogens with zero attached hydrogens (tertiary/aromatic N) is 2. The molecule has 0 aliphatic carbocycles. The maximum Gasteiger partial charge on any atom is 0.108 e. The second kappa shape index (κ2) is 8.32. The molecule has 0 bridgehead atoms. The summed E-state index contributed by atoms with van der Waals surface area (Å²) in [6, 6.07) is 0. The van der Waals surface area contributed by atoms with Crippen LogP contribution in [0.2, 0.25) is 0 Å². The van der Waals surface area contributed by atoms with E-state index in [1.165, 1.54) is 50.8 Å². The summed E-state index contributed by atoms with van der Waals surface area (Å²) in [7, 11) is 2.09. The Kier molecular flexibility index (Phi) is 6.99. The fraction of sp³-hybridized carbons (Fsp3) is 0.800. The van der Waals surface area contributed by atoms with E-state index in [0.717, 1.165) is 12.3 Å². The molecule has 0 atom stereocenters. The van der Waals surface area contributed by atoms with Crippen molar-refractivity contribution in [3.8, 4) is 0 Å². The van der Waals surface area contributed by atoms with Crippen LogP contribution in [-0.4, -0.2) is 9.55 Å². The molecule has 0 saturated carbocycles. The molecule has 17 heavy (non-hydrogen) atoms. The van der Waals surface area contributed by atoms with Gasteiger partial charge in [-0.1, -0.05) is 52.4 Å². The Hall–Kier alpha value is -0.790. The van der Waals surface area contributed by atoms with Crippen LogP contribution < -0.4 is 0 Å². The van der Waals surface area contributed by atoms with Gasteiger partial charge in [-0.15, -0.1) is 0 Å². The third-order valence-corrected chi connectivity index (χ3v) is 3.63. The monoisotopic (exact) mass is 236 g/mol. The Balaban J connectivity index is 2.34. The molecule has 0 radical (unpaired) electrons. The fourth-order valence-corrected chi connectivity index (χ4v) is 2.39. The summed E-state index contributed by atoms with van der Waals surface area (Å²) in [5, 5.41) is 0. The van der Waals surface area contributed by atoms with Crippen molar-refractivity contribution in [2.45, 2.75) is 65.2 Å². The molecule has 0 saturated heterocycles. The van der Waals surface area contributed by atoms with Crippen LogP contribution in [-0.2, 0) is 13.5 Å². The molecule has 0 unspecified atom stereocenters. The van der Waals surface area contributed by atoms with Gasteiger partial charge in [0.15, 0.2) is 0 Å². The molecule has 0 N–H and O–H groups in total. The van der Waals surface area contributed by atoms with Gasteiger partial charge in [-0.05, 0) is 12.3 Å². The second-order valence-electron chi connectivity index (χ2n) is 5.14. The van der Waals surface area contributed by atoms with Crippen molar-refractivity contribution in [1.82, 2.24) is 9.55 Å². The van der Waals surface area contributed by atoms with Gasteiger partial charge < -0.3 is 4.57 Å². The van der Waals surface area contributed by atoms with Crippen molar-refractivity contribution in [2.24, 2.45) is 13.0 Å². The molecule has 1 aromatic rings. The van der Waals surface area contributed by atoms with Crippen LogP contribution in [0.15, 0.2) is 12.4 Å². The number of rotatable bonds is 9. The lowest BCUT2D eigenvalue weighted by Gasteiger charge is -2.16. The Labute approximate surface area is 106 Å². The zero-order chi connectivity index (χ0) is 12.5. The first-order chi connectivity index (χ1) is 8.27. The number of unbranched alkanes of at least 4 members (excludes halogenated alkanes) is 2. The van der Waals surface area contributed by atoms with E-state index >= 15 is 0 Å². The highest BCUT2D eigenvalue weighted by Crippen LogP contribution is 2.21. The highest BCUT2D eigenvalue weighted by Gasteiger charge is 2.09. The highest BCUT2D eigenvalue weighted by molar-refractivity contribution is 4.91. The summed E-state index contributed by atoms with van der Waals surface area (Å²) in [5.41, 5.74) is 0. The van der Waals surface area contributed by atoms with Crippen LogP contribution in [0.1, 0.15) is 64.6 Å². The molecular formula is C15H28N2. The standard InChI is InChI=1S/C15H28N2/c1-4-6-8-14(9-7-5-2)10-11-15-16-12-13-17(15)3/h12-14H,4-11H2,1-3H3. The van der Waals surface area contributed by atoms with Gasteiger partial charge in [0, 0.05) is 25.9 Å². The van der Waals surface area contributed by atoms with Gasteiger partial charge in [0.2, 0.25) is 0 Å². The average molecular weight is 236 g/mol. The number of imidazole rings is 1. The quantitative estimate of drug-likeness (QED) is 0.623. The van der Waals surface area contributed by atoms with E-state index in [9.17, 15) is 0 Å². The molecule has 0 amide bonds. The molecule has 2 nitrogen and oxygen atoms in total.